The molecule has 3 heterocycles. The van der Waals surface area contributed by atoms with E-state index >= 15 is 0 Å². The Hall–Kier alpha value is -1.40. The molecule has 3 rings (SSSR count). The first-order chi connectivity index (χ1) is 9.10. The smallest absolute Gasteiger partial charge is 0.376 e. The van der Waals surface area contributed by atoms with Crippen molar-refractivity contribution in [2.24, 2.45) is 0 Å². The van der Waals surface area contributed by atoms with Crippen molar-refractivity contribution in [3.8, 4) is 5.75 Å². The number of Topliss-reactive ketones (excluding diaryl/α,β-unsaturated/α-hetero) is 1. The maximum Gasteiger partial charge on any atom is 0.376 e. The summed E-state index contributed by atoms with van der Waals surface area (Å²) in [7, 11) is -0.439. The lowest BCUT2D eigenvalue weighted by Gasteiger charge is -2.44. The molecular weight excluding hydrogens is 243 g/mol. The fraction of sp³-hybridized carbons (Fsp3) is 0.538. The SMILES string of the molecule is CB(O)N1CCC2(CC1)CC(=O)c1ncccc1O2. The molecule has 1 N–H and O–H groups in total. The van der Waals surface area contributed by atoms with E-state index in [1.807, 2.05) is 10.9 Å². The number of fused-ring (bicyclic) bond motifs is 1. The maximum absolute atomic E-state index is 12.2. The van der Waals surface area contributed by atoms with Gasteiger partial charge in [-0.1, -0.05) is 0 Å². The van der Waals surface area contributed by atoms with Gasteiger partial charge in [-0.2, -0.15) is 0 Å². The molecule has 0 aliphatic carbocycles. The van der Waals surface area contributed by atoms with Gasteiger partial charge in [-0.15, -0.1) is 0 Å². The number of hydrogen-bond acceptors (Lipinski definition) is 5. The van der Waals surface area contributed by atoms with E-state index in [0.717, 1.165) is 25.9 Å². The number of pyridine rings is 1. The Bertz CT molecular complexity index is 498. The van der Waals surface area contributed by atoms with Crippen LogP contribution in [0.2, 0.25) is 6.82 Å². The number of carbonyl (C=O) groups is 1. The average molecular weight is 260 g/mol. The molecule has 0 bridgehead atoms. The van der Waals surface area contributed by atoms with Gasteiger partial charge in [-0.05, 0) is 44.9 Å². The Kier molecular flexibility index (Phi) is 3.07. The van der Waals surface area contributed by atoms with Crippen LogP contribution < -0.4 is 4.74 Å². The van der Waals surface area contributed by atoms with Gasteiger partial charge in [0.2, 0.25) is 0 Å². The molecule has 0 radical (unpaired) electrons. The quantitative estimate of drug-likeness (QED) is 0.763. The molecule has 2 aliphatic heterocycles. The highest BCUT2D eigenvalue weighted by atomic mass is 16.5. The van der Waals surface area contributed by atoms with Crippen molar-refractivity contribution in [2.75, 3.05) is 13.1 Å². The molecule has 0 saturated carbocycles. The van der Waals surface area contributed by atoms with Crippen LogP contribution in [0.25, 0.3) is 0 Å². The van der Waals surface area contributed by atoms with Gasteiger partial charge in [0, 0.05) is 6.20 Å². The van der Waals surface area contributed by atoms with Crippen LogP contribution in [0.4, 0.5) is 0 Å². The number of aromatic nitrogens is 1. The van der Waals surface area contributed by atoms with Gasteiger partial charge in [0.15, 0.2) is 5.78 Å². The van der Waals surface area contributed by atoms with Crippen LogP contribution in [0.1, 0.15) is 29.8 Å². The molecule has 1 aromatic rings. The fourth-order valence-corrected chi connectivity index (χ4v) is 2.91. The van der Waals surface area contributed by atoms with Crippen molar-refractivity contribution >= 4 is 12.8 Å². The summed E-state index contributed by atoms with van der Waals surface area (Å²) in [5.41, 5.74) is 0.0458. The molecule has 1 aromatic heterocycles. The largest absolute Gasteiger partial charge is 0.484 e. The Labute approximate surface area is 112 Å². The second kappa shape index (κ2) is 4.61. The van der Waals surface area contributed by atoms with Crippen molar-refractivity contribution in [1.82, 2.24) is 9.79 Å². The van der Waals surface area contributed by atoms with Gasteiger partial charge in [0.1, 0.15) is 17.0 Å². The van der Waals surface area contributed by atoms with E-state index in [9.17, 15) is 9.82 Å². The number of nitrogens with zero attached hydrogens (tertiary/aromatic N) is 2. The molecule has 5 nitrogen and oxygen atoms in total. The summed E-state index contributed by atoms with van der Waals surface area (Å²) in [5, 5.41) is 9.58. The number of ketones is 1. The summed E-state index contributed by atoms with van der Waals surface area (Å²) in [6.45, 7) is 3.27. The Morgan fingerprint density at radius 2 is 2.21 bits per heavy atom. The number of rotatable bonds is 1. The first-order valence-electron chi connectivity index (χ1n) is 6.69. The second-order valence-electron chi connectivity index (χ2n) is 5.40. The molecule has 0 aromatic carbocycles. The van der Waals surface area contributed by atoms with Gasteiger partial charge in [-0.25, -0.2) is 4.98 Å². The lowest BCUT2D eigenvalue weighted by Crippen LogP contribution is -2.54. The van der Waals surface area contributed by atoms with Gasteiger partial charge in [-0.3, -0.25) is 4.79 Å². The highest BCUT2D eigenvalue weighted by molar-refractivity contribution is 6.45. The summed E-state index contributed by atoms with van der Waals surface area (Å²) in [6, 6.07) is 3.60. The Morgan fingerprint density at radius 1 is 1.47 bits per heavy atom. The van der Waals surface area contributed by atoms with Crippen LogP contribution in [0, 0.1) is 0 Å². The zero-order chi connectivity index (χ0) is 13.5. The summed E-state index contributed by atoms with van der Waals surface area (Å²) in [4.78, 5) is 18.3. The first-order valence-corrected chi connectivity index (χ1v) is 6.69. The normalized spacial score (nSPS) is 21.9. The maximum atomic E-state index is 12.2. The molecular formula is C13H17BN2O3. The molecule has 0 unspecified atom stereocenters. The van der Waals surface area contributed by atoms with Crippen molar-refractivity contribution in [2.45, 2.75) is 31.7 Å². The Morgan fingerprint density at radius 3 is 2.89 bits per heavy atom. The van der Waals surface area contributed by atoms with Crippen molar-refractivity contribution in [1.29, 1.82) is 0 Å². The Balaban J connectivity index is 1.80. The van der Waals surface area contributed by atoms with Gasteiger partial charge in [0.05, 0.1) is 6.42 Å². The molecule has 19 heavy (non-hydrogen) atoms. The molecule has 1 spiro atoms. The predicted molar refractivity (Wildman–Crippen MR) is 71.2 cm³/mol. The average Bonchev–Trinajstić information content (AvgIpc) is 2.39. The molecule has 100 valence electrons. The van der Waals surface area contributed by atoms with Crippen LogP contribution in [-0.2, 0) is 0 Å². The van der Waals surface area contributed by atoms with E-state index in [1.54, 1.807) is 19.1 Å². The van der Waals surface area contributed by atoms with Crippen LogP contribution >= 0.6 is 0 Å². The molecule has 0 atom stereocenters. The van der Waals surface area contributed by atoms with E-state index in [2.05, 4.69) is 4.98 Å². The standard InChI is InChI=1S/C13H17BN2O3/c1-14(18)16-7-4-13(5-8-16)9-10(17)12-11(19-13)3-2-6-15-12/h2-3,6,18H,4-5,7-9H2,1H3. The van der Waals surface area contributed by atoms with E-state index < -0.39 is 12.7 Å². The lowest BCUT2D eigenvalue weighted by molar-refractivity contribution is 0.00240. The zero-order valence-electron chi connectivity index (χ0n) is 11.0. The highest BCUT2D eigenvalue weighted by Gasteiger charge is 2.44. The van der Waals surface area contributed by atoms with Crippen molar-refractivity contribution < 1.29 is 14.6 Å². The van der Waals surface area contributed by atoms with E-state index in [-0.39, 0.29) is 5.78 Å². The summed E-state index contributed by atoms with van der Waals surface area (Å²) in [6.07, 6.45) is 3.54. The number of carbonyl (C=O) groups excluding carboxylic acids is 1. The third-order valence-corrected chi connectivity index (χ3v) is 4.08. The van der Waals surface area contributed by atoms with Gasteiger partial charge < -0.3 is 14.6 Å². The van der Waals surface area contributed by atoms with Crippen LogP contribution in [0.3, 0.4) is 0 Å². The minimum Gasteiger partial charge on any atom is -0.484 e. The van der Waals surface area contributed by atoms with E-state index in [0.29, 0.717) is 17.9 Å². The second-order valence-corrected chi connectivity index (χ2v) is 5.40. The number of hydrogen-bond donors (Lipinski definition) is 1. The molecule has 2 aliphatic rings. The van der Waals surface area contributed by atoms with E-state index in [1.165, 1.54) is 0 Å². The van der Waals surface area contributed by atoms with E-state index in [4.69, 9.17) is 4.74 Å². The van der Waals surface area contributed by atoms with Gasteiger partial charge in [0.25, 0.3) is 0 Å². The molecule has 6 heteroatoms. The molecule has 0 amide bonds. The summed E-state index contributed by atoms with van der Waals surface area (Å²) >= 11 is 0. The molecule has 1 saturated heterocycles. The first kappa shape index (κ1) is 12.6. The number of piperidine rings is 1. The van der Waals surface area contributed by atoms with Crippen LogP contribution in [0.15, 0.2) is 18.3 Å². The number of ether oxygens (including phenoxy) is 1. The van der Waals surface area contributed by atoms with Crippen LogP contribution in [-0.4, -0.2) is 46.3 Å². The zero-order valence-corrected chi connectivity index (χ0v) is 11.0. The monoisotopic (exact) mass is 260 g/mol. The lowest BCUT2D eigenvalue weighted by atomic mass is 9.77. The van der Waals surface area contributed by atoms with Crippen LogP contribution in [0.5, 0.6) is 5.75 Å². The third-order valence-electron chi connectivity index (χ3n) is 4.08. The van der Waals surface area contributed by atoms with Crippen molar-refractivity contribution in [3.63, 3.8) is 0 Å². The highest BCUT2D eigenvalue weighted by Crippen LogP contribution is 2.38. The fourth-order valence-electron chi connectivity index (χ4n) is 2.91. The van der Waals surface area contributed by atoms with Crippen molar-refractivity contribution in [3.05, 3.63) is 24.0 Å². The topological polar surface area (TPSA) is 62.7 Å². The molecule has 1 fully saturated rings. The van der Waals surface area contributed by atoms with Gasteiger partial charge >= 0.3 is 7.05 Å². The summed E-state index contributed by atoms with van der Waals surface area (Å²) in [5.74, 6) is 0.664. The minimum absolute atomic E-state index is 0.0624. The predicted octanol–water partition coefficient (Wildman–Crippen LogP) is 0.992. The minimum atomic E-state index is -0.439. The third kappa shape index (κ3) is 2.26. The summed E-state index contributed by atoms with van der Waals surface area (Å²) < 4.78 is 6.07.